The van der Waals surface area contributed by atoms with Crippen LogP contribution in [0.5, 0.6) is 0 Å². The Hall–Kier alpha value is -5.60. The minimum atomic E-state index is -4.68. The summed E-state index contributed by atoms with van der Waals surface area (Å²) in [5.74, 6) is 0.584. The zero-order valence-electron chi connectivity index (χ0n) is 27.0. The number of alkyl halides is 3. The van der Waals surface area contributed by atoms with Crippen LogP contribution in [-0.2, 0) is 26.3 Å². The van der Waals surface area contributed by atoms with Gasteiger partial charge in [0, 0.05) is 57.0 Å². The number of halogens is 3. The van der Waals surface area contributed by atoms with E-state index in [1.165, 1.54) is 4.90 Å². The van der Waals surface area contributed by atoms with Crippen molar-refractivity contribution in [2.75, 3.05) is 36.9 Å². The molecule has 0 saturated carbocycles. The van der Waals surface area contributed by atoms with Crippen molar-refractivity contribution in [3.63, 3.8) is 0 Å². The molecule has 4 aromatic rings. The van der Waals surface area contributed by atoms with Crippen molar-refractivity contribution in [3.05, 3.63) is 76.6 Å². The number of carbonyl (C=O) groups is 1. The summed E-state index contributed by atoms with van der Waals surface area (Å²) in [6.45, 7) is 1.62. The second kappa shape index (κ2) is 13.9. The number of nitriles is 2. The fraction of sp³-hybridized carbons (Fsp3) is 0.343. The molecule has 2 aliphatic rings. The van der Waals surface area contributed by atoms with Crippen molar-refractivity contribution in [3.8, 4) is 34.7 Å². The van der Waals surface area contributed by atoms with Crippen LogP contribution in [0.1, 0.15) is 51.9 Å². The van der Waals surface area contributed by atoms with Gasteiger partial charge in [-0.3, -0.25) is 14.6 Å². The van der Waals surface area contributed by atoms with Crippen LogP contribution in [0.4, 0.5) is 24.8 Å². The maximum Gasteiger partial charge on any atom is 0.416 e. The third kappa shape index (κ3) is 7.00. The van der Waals surface area contributed by atoms with Crippen LogP contribution in [0.3, 0.4) is 0 Å². The molecule has 250 valence electrons. The SMILES string of the molecule is CN=C[C@H]1CCCN(Cc2cc3c(c(C(F)(F)F)c2)CN(c2cc(-c4cc(C#N)ccc4-c4nncn4C)cc(NCCC#N)n2)C3=O)C1. The highest BCUT2D eigenvalue weighted by atomic mass is 19.4. The lowest BCUT2D eigenvalue weighted by molar-refractivity contribution is -0.138. The number of carbonyl (C=O) groups excluding carboxylic acids is 1. The number of nitrogens with one attached hydrogen (secondary N) is 1. The summed E-state index contributed by atoms with van der Waals surface area (Å²) in [6, 6.07) is 15.3. The average molecular weight is 667 g/mol. The maximum absolute atomic E-state index is 14.6. The number of aromatic nitrogens is 4. The molecule has 0 radical (unpaired) electrons. The molecule has 4 heterocycles. The first-order chi connectivity index (χ1) is 23.6. The van der Waals surface area contributed by atoms with Crippen LogP contribution < -0.4 is 10.2 Å². The molecule has 1 fully saturated rings. The summed E-state index contributed by atoms with van der Waals surface area (Å²) in [7, 11) is 3.49. The molecule has 1 atom stereocenters. The van der Waals surface area contributed by atoms with E-state index in [9.17, 15) is 23.2 Å². The maximum atomic E-state index is 14.6. The molecule has 11 nitrogen and oxygen atoms in total. The van der Waals surface area contributed by atoms with Crippen LogP contribution in [0.15, 0.2) is 53.8 Å². The van der Waals surface area contributed by atoms with Gasteiger partial charge in [0.25, 0.3) is 5.91 Å². The third-order valence-electron chi connectivity index (χ3n) is 8.76. The van der Waals surface area contributed by atoms with Gasteiger partial charge in [0.1, 0.15) is 18.0 Å². The first kappa shape index (κ1) is 33.3. The second-order valence-corrected chi connectivity index (χ2v) is 12.2. The van der Waals surface area contributed by atoms with Gasteiger partial charge in [-0.15, -0.1) is 10.2 Å². The minimum Gasteiger partial charge on any atom is -0.369 e. The quantitative estimate of drug-likeness (QED) is 0.174. The van der Waals surface area contributed by atoms with E-state index >= 15 is 0 Å². The Morgan fingerprint density at radius 2 is 1.96 bits per heavy atom. The number of anilines is 2. The number of piperidine rings is 1. The van der Waals surface area contributed by atoms with Crippen molar-refractivity contribution in [2.45, 2.75) is 38.5 Å². The topological polar surface area (TPSA) is 139 Å². The highest BCUT2D eigenvalue weighted by molar-refractivity contribution is 6.10. The van der Waals surface area contributed by atoms with E-state index in [2.05, 4.69) is 42.5 Å². The van der Waals surface area contributed by atoms with E-state index in [0.29, 0.717) is 46.0 Å². The molecular weight excluding hydrogens is 633 g/mol. The number of hydrogen-bond donors (Lipinski definition) is 1. The molecular formula is C35H33F3N10O. The molecule has 0 bridgehead atoms. The number of pyridine rings is 1. The molecule has 2 aromatic heterocycles. The summed E-state index contributed by atoms with van der Waals surface area (Å²) in [6.07, 6.45) is 0.791. The summed E-state index contributed by atoms with van der Waals surface area (Å²) < 4.78 is 45.4. The van der Waals surface area contributed by atoms with E-state index in [0.717, 1.165) is 25.5 Å². The number of rotatable bonds is 9. The number of aryl methyl sites for hydroxylation is 1. The minimum absolute atomic E-state index is 0.00838. The Balaban J connectivity index is 1.42. The van der Waals surface area contributed by atoms with E-state index < -0.39 is 17.6 Å². The Bertz CT molecular complexity index is 2010. The van der Waals surface area contributed by atoms with Crippen molar-refractivity contribution < 1.29 is 18.0 Å². The Labute approximate surface area is 281 Å². The fourth-order valence-corrected chi connectivity index (χ4v) is 6.54. The van der Waals surface area contributed by atoms with Gasteiger partial charge < -0.3 is 14.9 Å². The molecule has 1 N–H and O–H groups in total. The first-order valence-corrected chi connectivity index (χ1v) is 15.8. The number of fused-ring (bicyclic) bond motifs is 1. The summed E-state index contributed by atoms with van der Waals surface area (Å²) >= 11 is 0. The fourth-order valence-electron chi connectivity index (χ4n) is 6.54. The summed E-state index contributed by atoms with van der Waals surface area (Å²) in [5.41, 5.74) is 1.59. The van der Waals surface area contributed by atoms with E-state index in [-0.39, 0.29) is 48.9 Å². The van der Waals surface area contributed by atoms with Gasteiger partial charge in [0.2, 0.25) is 0 Å². The lowest BCUT2D eigenvalue weighted by Gasteiger charge is -2.31. The lowest BCUT2D eigenvalue weighted by Crippen LogP contribution is -2.35. The monoisotopic (exact) mass is 666 g/mol. The van der Waals surface area contributed by atoms with Crippen LogP contribution >= 0.6 is 0 Å². The Morgan fingerprint density at radius 1 is 1.12 bits per heavy atom. The van der Waals surface area contributed by atoms with Crippen molar-refractivity contribution in [1.29, 1.82) is 10.5 Å². The lowest BCUT2D eigenvalue weighted by atomic mass is 9.96. The number of aliphatic imine (C=N–C) groups is 1. The Morgan fingerprint density at radius 3 is 2.67 bits per heavy atom. The summed E-state index contributed by atoms with van der Waals surface area (Å²) in [5, 5.41) is 30.1. The van der Waals surface area contributed by atoms with E-state index in [1.54, 1.807) is 61.4 Å². The largest absolute Gasteiger partial charge is 0.416 e. The highest BCUT2D eigenvalue weighted by Gasteiger charge is 2.41. The zero-order valence-corrected chi connectivity index (χ0v) is 27.0. The van der Waals surface area contributed by atoms with Crippen LogP contribution in [-0.4, -0.2) is 63.5 Å². The molecule has 0 unspecified atom stereocenters. The third-order valence-corrected chi connectivity index (χ3v) is 8.76. The van der Waals surface area contributed by atoms with E-state index in [1.807, 2.05) is 6.21 Å². The predicted molar refractivity (Wildman–Crippen MR) is 177 cm³/mol. The van der Waals surface area contributed by atoms with Gasteiger partial charge in [0.05, 0.1) is 36.2 Å². The van der Waals surface area contributed by atoms with E-state index in [4.69, 9.17) is 5.26 Å². The Kier molecular flexibility index (Phi) is 9.42. The number of hydrogen-bond acceptors (Lipinski definition) is 9. The van der Waals surface area contributed by atoms with Crippen molar-refractivity contribution >= 4 is 23.8 Å². The molecule has 0 aliphatic carbocycles. The number of nitrogens with zero attached hydrogens (tertiary/aromatic N) is 9. The molecule has 1 saturated heterocycles. The molecule has 0 spiro atoms. The second-order valence-electron chi connectivity index (χ2n) is 12.2. The van der Waals surface area contributed by atoms with Crippen LogP contribution in [0.25, 0.3) is 22.5 Å². The number of benzene rings is 2. The van der Waals surface area contributed by atoms with Crippen molar-refractivity contribution in [1.82, 2.24) is 24.6 Å². The number of likely N-dealkylation sites (tertiary alicyclic amines) is 1. The van der Waals surface area contributed by atoms with Gasteiger partial charge in [-0.1, -0.05) is 0 Å². The van der Waals surface area contributed by atoms with Gasteiger partial charge in [-0.05, 0) is 84.1 Å². The predicted octanol–water partition coefficient (Wildman–Crippen LogP) is 5.83. The van der Waals surface area contributed by atoms with Crippen molar-refractivity contribution in [2.24, 2.45) is 18.0 Å². The number of amides is 1. The molecule has 14 heteroatoms. The van der Waals surface area contributed by atoms with Gasteiger partial charge in [-0.2, -0.15) is 23.7 Å². The van der Waals surface area contributed by atoms with Crippen LogP contribution in [0, 0.1) is 28.6 Å². The molecule has 1 amide bonds. The average Bonchev–Trinajstić information content (AvgIpc) is 3.66. The summed E-state index contributed by atoms with van der Waals surface area (Å²) in [4.78, 5) is 26.1. The molecule has 6 rings (SSSR count). The first-order valence-electron chi connectivity index (χ1n) is 15.8. The normalized spacial score (nSPS) is 16.5. The zero-order chi connectivity index (χ0) is 34.7. The highest BCUT2D eigenvalue weighted by Crippen LogP contribution is 2.41. The molecule has 2 aliphatic heterocycles. The van der Waals surface area contributed by atoms with Crippen LogP contribution in [0.2, 0.25) is 0 Å². The van der Waals surface area contributed by atoms with Gasteiger partial charge in [-0.25, -0.2) is 4.98 Å². The molecule has 2 aromatic carbocycles. The molecule has 49 heavy (non-hydrogen) atoms. The standard InChI is InChI=1S/C35H33F3N10O/c1-41-17-23-5-3-10-47(18-23)19-24-12-28-29(30(13-24)35(36,37)38)20-48(34(28)49)32-15-25(14-31(44-32)42-9-4-8-39)27-11-22(16-40)6-7-26(27)33-45-43-21-46(33)2/h6-7,11-15,17,21,23H,3-5,9-10,18-20H2,1-2H3,(H,42,44)/t23-/m1/s1. The van der Waals surface area contributed by atoms with Gasteiger partial charge >= 0.3 is 6.18 Å². The van der Waals surface area contributed by atoms with Gasteiger partial charge in [0.15, 0.2) is 5.82 Å². The smallest absolute Gasteiger partial charge is 0.369 e.